The van der Waals surface area contributed by atoms with Crippen LogP contribution in [0.1, 0.15) is 51.1 Å². The fraction of sp³-hybridized carbons (Fsp3) is 0.632. The Morgan fingerprint density at radius 2 is 1.50 bits per heavy atom. The highest BCUT2D eigenvalue weighted by Gasteiger charge is 2.40. The van der Waals surface area contributed by atoms with E-state index in [2.05, 4.69) is 35.6 Å². The lowest BCUT2D eigenvalue weighted by molar-refractivity contribution is -0.141. The molecule has 1 unspecified atom stereocenters. The van der Waals surface area contributed by atoms with Crippen LogP contribution in [0.25, 0.3) is 11.5 Å². The van der Waals surface area contributed by atoms with E-state index in [4.69, 9.17) is 0 Å². The van der Waals surface area contributed by atoms with E-state index in [0.29, 0.717) is 19.0 Å². The number of halogens is 6. The maximum atomic E-state index is 14.2. The van der Waals surface area contributed by atoms with E-state index in [9.17, 15) is 26.3 Å². The molecule has 0 aromatic carbocycles. The summed E-state index contributed by atoms with van der Waals surface area (Å²) >= 11 is 0. The first-order valence-corrected chi connectivity index (χ1v) is 10.1. The zero-order chi connectivity index (χ0) is 23.1. The van der Waals surface area contributed by atoms with Crippen LogP contribution >= 0.6 is 0 Å². The molecule has 174 valence electrons. The Hall–Kier alpha value is -2.73. The summed E-state index contributed by atoms with van der Waals surface area (Å²) in [5, 5.41) is 5.78. The molecule has 2 fully saturated rings. The highest BCUT2D eigenvalue weighted by atomic mass is 19.4. The van der Waals surface area contributed by atoms with E-state index in [1.807, 2.05) is 0 Å². The lowest BCUT2D eigenvalue weighted by atomic mass is 10.1. The highest BCUT2D eigenvalue weighted by molar-refractivity contribution is 5.53. The molecule has 2 saturated carbocycles. The molecular weight excluding hydrogens is 440 g/mol. The van der Waals surface area contributed by atoms with E-state index < -0.39 is 35.9 Å². The van der Waals surface area contributed by atoms with Gasteiger partial charge in [0.15, 0.2) is 11.5 Å². The number of hydrogen-bond acceptors (Lipinski definition) is 7. The van der Waals surface area contributed by atoms with Gasteiger partial charge in [0.2, 0.25) is 17.8 Å². The number of hydrogen-bond donors (Lipinski definition) is 2. The average molecular weight is 461 g/mol. The monoisotopic (exact) mass is 461 g/mol. The molecule has 2 aromatic heterocycles. The number of nitrogens with zero attached hydrogens (tertiary/aromatic N) is 5. The Kier molecular flexibility index (Phi) is 5.61. The Bertz CT molecular complexity index is 935. The summed E-state index contributed by atoms with van der Waals surface area (Å²) in [4.78, 5) is 19.5. The molecule has 3 atom stereocenters. The molecule has 2 heterocycles. The van der Waals surface area contributed by atoms with Crippen molar-refractivity contribution in [3.05, 3.63) is 18.1 Å². The van der Waals surface area contributed by atoms with E-state index in [-0.39, 0.29) is 48.7 Å². The van der Waals surface area contributed by atoms with Gasteiger partial charge in [0.25, 0.3) is 0 Å². The van der Waals surface area contributed by atoms with Crippen LogP contribution in [0.15, 0.2) is 12.4 Å². The van der Waals surface area contributed by atoms with Crippen LogP contribution in [0, 0.1) is 0 Å². The molecular formula is C19H21F6N7. The first-order chi connectivity index (χ1) is 14.9. The highest BCUT2D eigenvalue weighted by Crippen LogP contribution is 2.37. The molecule has 13 heteroatoms. The number of rotatable bonds is 5. The summed E-state index contributed by atoms with van der Waals surface area (Å²) in [5.74, 6) is -3.12. The van der Waals surface area contributed by atoms with Gasteiger partial charge in [0.05, 0.1) is 12.4 Å². The molecule has 32 heavy (non-hydrogen) atoms. The number of alkyl halides is 6. The number of nitrogens with one attached hydrogen (secondary N) is 2. The molecule has 2 aliphatic carbocycles. The van der Waals surface area contributed by atoms with Gasteiger partial charge in [-0.1, -0.05) is 0 Å². The van der Waals surface area contributed by atoms with Crippen LogP contribution < -0.4 is 10.6 Å². The SMILES string of the molecule is CC1(F)CC[C@@H](Nc2nc(N[C@@H]3CCC(F)(F)C3)nc(-c3cncc(C(F)(F)F)n3)n2)C1. The van der Waals surface area contributed by atoms with Gasteiger partial charge in [-0.3, -0.25) is 4.98 Å². The Morgan fingerprint density at radius 1 is 0.875 bits per heavy atom. The summed E-state index contributed by atoms with van der Waals surface area (Å²) in [5.41, 5.74) is -2.83. The van der Waals surface area contributed by atoms with Gasteiger partial charge in [0.1, 0.15) is 11.4 Å². The van der Waals surface area contributed by atoms with Crippen LogP contribution in [0.3, 0.4) is 0 Å². The van der Waals surface area contributed by atoms with Gasteiger partial charge < -0.3 is 10.6 Å². The van der Waals surface area contributed by atoms with Crippen LogP contribution in [0.2, 0.25) is 0 Å². The van der Waals surface area contributed by atoms with E-state index in [1.54, 1.807) is 0 Å². The van der Waals surface area contributed by atoms with E-state index in [1.165, 1.54) is 6.92 Å². The van der Waals surface area contributed by atoms with E-state index >= 15 is 0 Å². The van der Waals surface area contributed by atoms with Crippen molar-refractivity contribution in [2.24, 2.45) is 0 Å². The first kappa shape index (κ1) is 22.5. The van der Waals surface area contributed by atoms with Crippen LogP contribution in [-0.4, -0.2) is 48.6 Å². The Labute approximate surface area is 179 Å². The van der Waals surface area contributed by atoms with Crippen LogP contribution in [-0.2, 0) is 6.18 Å². The van der Waals surface area contributed by atoms with Crippen molar-refractivity contribution in [2.75, 3.05) is 10.6 Å². The van der Waals surface area contributed by atoms with Gasteiger partial charge in [0, 0.05) is 31.3 Å². The minimum atomic E-state index is -4.72. The molecule has 4 rings (SSSR count). The lowest BCUT2D eigenvalue weighted by Gasteiger charge is -2.17. The molecule has 2 aromatic rings. The summed E-state index contributed by atoms with van der Waals surface area (Å²) < 4.78 is 80.4. The van der Waals surface area contributed by atoms with Gasteiger partial charge in [-0.15, -0.1) is 0 Å². The first-order valence-electron chi connectivity index (χ1n) is 10.1. The van der Waals surface area contributed by atoms with Crippen molar-refractivity contribution in [1.29, 1.82) is 0 Å². The third-order valence-electron chi connectivity index (χ3n) is 5.55. The van der Waals surface area contributed by atoms with Gasteiger partial charge >= 0.3 is 6.18 Å². The molecule has 2 N–H and O–H groups in total. The largest absolute Gasteiger partial charge is 0.434 e. The molecule has 7 nitrogen and oxygen atoms in total. The quantitative estimate of drug-likeness (QED) is 0.627. The second-order valence-electron chi connectivity index (χ2n) is 8.53. The van der Waals surface area contributed by atoms with Crippen LogP contribution in [0.4, 0.5) is 38.2 Å². The van der Waals surface area contributed by atoms with Crippen LogP contribution in [0.5, 0.6) is 0 Å². The summed E-state index contributed by atoms with van der Waals surface area (Å²) in [6, 6.07) is -0.905. The second-order valence-corrected chi connectivity index (χ2v) is 8.53. The van der Waals surface area contributed by atoms with Crippen molar-refractivity contribution in [3.8, 4) is 11.5 Å². The van der Waals surface area contributed by atoms with Crippen molar-refractivity contribution in [1.82, 2.24) is 24.9 Å². The topological polar surface area (TPSA) is 88.5 Å². The minimum absolute atomic E-state index is 0.0100. The maximum Gasteiger partial charge on any atom is 0.434 e. The number of anilines is 2. The summed E-state index contributed by atoms with van der Waals surface area (Å²) in [7, 11) is 0. The van der Waals surface area contributed by atoms with Crippen molar-refractivity contribution >= 4 is 11.9 Å². The van der Waals surface area contributed by atoms with Crippen molar-refractivity contribution in [3.63, 3.8) is 0 Å². The third kappa shape index (κ3) is 5.36. The van der Waals surface area contributed by atoms with Crippen molar-refractivity contribution < 1.29 is 26.3 Å². The van der Waals surface area contributed by atoms with Crippen molar-refractivity contribution in [2.45, 2.75) is 75.3 Å². The van der Waals surface area contributed by atoms with Gasteiger partial charge in [-0.2, -0.15) is 28.1 Å². The summed E-state index contributed by atoms with van der Waals surface area (Å²) in [6.45, 7) is 1.49. The van der Waals surface area contributed by atoms with Gasteiger partial charge in [-0.05, 0) is 26.2 Å². The molecule has 0 spiro atoms. The Morgan fingerprint density at radius 3 is 2.03 bits per heavy atom. The lowest BCUT2D eigenvalue weighted by Crippen LogP contribution is -2.24. The fourth-order valence-corrected chi connectivity index (χ4v) is 3.98. The predicted molar refractivity (Wildman–Crippen MR) is 103 cm³/mol. The maximum absolute atomic E-state index is 14.2. The van der Waals surface area contributed by atoms with E-state index in [0.717, 1.165) is 6.20 Å². The molecule has 2 aliphatic rings. The standard InChI is InChI=1S/C19H21F6N7/c1-17(20)4-2-10(6-17)27-15-30-14(12-8-26-9-13(29-12)19(23,24)25)31-16(32-15)28-11-3-5-18(21,22)7-11/h8-11H,2-7H2,1H3,(H2,27,28,30,31,32)/t10-,11-,17?/m1/s1. The zero-order valence-electron chi connectivity index (χ0n) is 17.1. The predicted octanol–water partition coefficient (Wildman–Crippen LogP) is 4.64. The summed E-state index contributed by atoms with van der Waals surface area (Å²) in [6.07, 6.45) is -2.55. The average Bonchev–Trinajstić information content (AvgIpc) is 3.21. The molecule has 0 aliphatic heterocycles. The molecule has 0 saturated heterocycles. The molecule has 0 radical (unpaired) electrons. The van der Waals surface area contributed by atoms with Gasteiger partial charge in [-0.25, -0.2) is 18.2 Å². The fourth-order valence-electron chi connectivity index (χ4n) is 3.98. The minimum Gasteiger partial charge on any atom is -0.351 e. The Balaban J connectivity index is 1.64. The third-order valence-corrected chi connectivity index (χ3v) is 5.55. The molecule has 0 bridgehead atoms. The molecule has 0 amide bonds. The number of aromatic nitrogens is 5. The smallest absolute Gasteiger partial charge is 0.351 e. The second kappa shape index (κ2) is 8.00. The normalized spacial score (nSPS) is 27.5. The zero-order valence-corrected chi connectivity index (χ0v) is 17.1.